The van der Waals surface area contributed by atoms with Gasteiger partial charge in [0.05, 0.1) is 31.1 Å². The van der Waals surface area contributed by atoms with Crippen LogP contribution in [0.3, 0.4) is 0 Å². The lowest BCUT2D eigenvalue weighted by Crippen LogP contribution is -2.48. The molecule has 5 rings (SSSR count). The fraction of sp³-hybridized carbons (Fsp3) is 0.231. The third-order valence-electron chi connectivity index (χ3n) is 6.66. The van der Waals surface area contributed by atoms with Crippen molar-refractivity contribution in [3.05, 3.63) is 76.0 Å². The molecule has 0 saturated carbocycles. The number of ether oxygens (including phenoxy) is 2. The highest BCUT2D eigenvalue weighted by Gasteiger charge is 2.45. The zero-order valence-electron chi connectivity index (χ0n) is 20.8. The highest BCUT2D eigenvalue weighted by atomic mass is 79.9. The molecular weight excluding hydrogens is 584 g/mol. The number of carbonyl (C=O) groups is 1. The zero-order valence-corrected chi connectivity index (χ0v) is 23.2. The summed E-state index contributed by atoms with van der Waals surface area (Å²) in [6, 6.07) is 10.5. The van der Waals surface area contributed by atoms with Crippen molar-refractivity contribution in [3.63, 3.8) is 0 Å². The van der Waals surface area contributed by atoms with E-state index in [4.69, 9.17) is 9.47 Å². The van der Waals surface area contributed by atoms with E-state index in [1.807, 2.05) is 0 Å². The van der Waals surface area contributed by atoms with Crippen molar-refractivity contribution in [2.45, 2.75) is 30.7 Å². The molecule has 4 aromatic rings. The van der Waals surface area contributed by atoms with Crippen LogP contribution in [0, 0.1) is 11.6 Å². The maximum Gasteiger partial charge on any atom is 0.270 e. The van der Waals surface area contributed by atoms with Crippen LogP contribution in [-0.2, 0) is 26.8 Å². The first-order valence-corrected chi connectivity index (χ1v) is 13.6. The molecule has 0 unspecified atom stereocenters. The molecule has 0 bridgehead atoms. The first kappa shape index (κ1) is 26.1. The quantitative estimate of drug-likeness (QED) is 0.312. The molecule has 0 spiro atoms. The third-order valence-corrected chi connectivity index (χ3v) is 9.20. The lowest BCUT2D eigenvalue weighted by atomic mass is 9.76. The van der Waals surface area contributed by atoms with Gasteiger partial charge in [-0.05, 0) is 59.1 Å². The van der Waals surface area contributed by atoms with Gasteiger partial charge >= 0.3 is 0 Å². The van der Waals surface area contributed by atoms with Crippen LogP contribution in [-0.4, -0.2) is 37.5 Å². The summed E-state index contributed by atoms with van der Waals surface area (Å²) in [7, 11) is -1.57. The van der Waals surface area contributed by atoms with E-state index in [0.29, 0.717) is 16.5 Å². The Labute approximate surface area is 226 Å². The molecule has 8 nitrogen and oxygen atoms in total. The number of amides is 1. The largest absolute Gasteiger partial charge is 0.493 e. The number of aromatic nitrogens is 2. The molecule has 1 aliphatic heterocycles. The lowest BCUT2D eigenvalue weighted by molar-refractivity contribution is -0.123. The summed E-state index contributed by atoms with van der Waals surface area (Å²) < 4.78 is 69.0. The van der Waals surface area contributed by atoms with Crippen LogP contribution in [0.25, 0.3) is 11.0 Å². The van der Waals surface area contributed by atoms with Crippen molar-refractivity contribution in [2.75, 3.05) is 19.1 Å². The summed E-state index contributed by atoms with van der Waals surface area (Å²) in [4.78, 5) is 19.3. The second-order valence-electron chi connectivity index (χ2n) is 9.22. The van der Waals surface area contributed by atoms with Gasteiger partial charge in [0.25, 0.3) is 10.0 Å². The molecule has 12 heteroatoms. The maximum atomic E-state index is 15.3. The normalized spacial score (nSPS) is 15.0. The maximum absolute atomic E-state index is 15.3. The summed E-state index contributed by atoms with van der Waals surface area (Å²) in [5.74, 6) is -3.25. The number of nitrogens with zero attached hydrogens (tertiary/aromatic N) is 3. The van der Waals surface area contributed by atoms with Gasteiger partial charge < -0.3 is 14.4 Å². The van der Waals surface area contributed by atoms with Crippen molar-refractivity contribution in [1.29, 1.82) is 0 Å². The van der Waals surface area contributed by atoms with Gasteiger partial charge in [0.15, 0.2) is 28.8 Å². The summed E-state index contributed by atoms with van der Waals surface area (Å²) >= 11 is 3.34. The van der Waals surface area contributed by atoms with E-state index < -0.39 is 38.7 Å². The van der Waals surface area contributed by atoms with Crippen molar-refractivity contribution < 1.29 is 31.5 Å². The molecule has 0 atom stereocenters. The number of anilines is 1. The van der Waals surface area contributed by atoms with Gasteiger partial charge in [-0.3, -0.25) is 4.79 Å². The first-order valence-electron chi connectivity index (χ1n) is 11.4. The lowest BCUT2D eigenvalue weighted by Gasteiger charge is -2.39. The summed E-state index contributed by atoms with van der Waals surface area (Å²) in [6.07, 6.45) is 1.43. The van der Waals surface area contributed by atoms with Crippen LogP contribution in [0.15, 0.2) is 58.2 Å². The van der Waals surface area contributed by atoms with Gasteiger partial charge in [-0.2, -0.15) is 0 Å². The van der Waals surface area contributed by atoms with Crippen LogP contribution in [0.4, 0.5) is 14.5 Å². The first-order chi connectivity index (χ1) is 17.9. The molecule has 1 aliphatic rings. The Balaban J connectivity index is 1.72. The highest BCUT2D eigenvalue weighted by Crippen LogP contribution is 2.45. The number of hydrogen-bond donors (Lipinski definition) is 0. The van der Waals surface area contributed by atoms with E-state index >= 15 is 8.78 Å². The Hall–Kier alpha value is -3.51. The van der Waals surface area contributed by atoms with Gasteiger partial charge in [0.2, 0.25) is 5.91 Å². The van der Waals surface area contributed by atoms with E-state index in [1.54, 1.807) is 38.1 Å². The molecule has 38 heavy (non-hydrogen) atoms. The second kappa shape index (κ2) is 9.05. The van der Waals surface area contributed by atoms with E-state index in [0.717, 1.165) is 14.9 Å². The van der Waals surface area contributed by atoms with E-state index in [9.17, 15) is 13.2 Å². The average molecular weight is 606 g/mol. The smallest absolute Gasteiger partial charge is 0.270 e. The molecule has 2 aromatic heterocycles. The van der Waals surface area contributed by atoms with Crippen molar-refractivity contribution in [1.82, 2.24) is 8.96 Å². The number of rotatable bonds is 5. The molecule has 0 saturated heterocycles. The minimum Gasteiger partial charge on any atom is -0.493 e. The van der Waals surface area contributed by atoms with Crippen LogP contribution >= 0.6 is 15.9 Å². The van der Waals surface area contributed by atoms with Crippen LogP contribution in [0.1, 0.15) is 25.0 Å². The Bertz CT molecular complexity index is 1690. The number of halogens is 3. The monoisotopic (exact) mass is 605 g/mol. The van der Waals surface area contributed by atoms with Gasteiger partial charge in [0, 0.05) is 17.6 Å². The summed E-state index contributed by atoms with van der Waals surface area (Å²) in [5, 5.41) is 0.427. The van der Waals surface area contributed by atoms with Crippen molar-refractivity contribution >= 4 is 48.6 Å². The summed E-state index contributed by atoms with van der Waals surface area (Å²) in [6.45, 7) is 3.02. The van der Waals surface area contributed by atoms with E-state index in [1.165, 1.54) is 32.5 Å². The standard InChI is InChI=1S/C26H22BrF2N3O5S/c1-26(2)20-14(13-31(25(26)33)23-21(28)17(36-3)11-18(37-4)22(23)29)12-30-24-16(20)10-19(27)32(24)38(34,35)15-8-6-5-7-9-15/h5-12H,13H2,1-4H3. The Kier molecular flexibility index (Phi) is 6.22. The third kappa shape index (κ3) is 3.69. The SMILES string of the molecule is COc1cc(OC)c(F)c(N2Cc3cnc4c(cc(Br)n4S(=O)(=O)c4ccccc4)c3C(C)(C)C2=O)c1F. The minimum absolute atomic E-state index is 0.0668. The van der Waals surface area contributed by atoms with Crippen LogP contribution in [0.2, 0.25) is 0 Å². The molecule has 1 amide bonds. The van der Waals surface area contributed by atoms with E-state index in [-0.39, 0.29) is 33.2 Å². The number of benzene rings is 2. The number of fused-ring (bicyclic) bond motifs is 3. The molecule has 0 radical (unpaired) electrons. The van der Waals surface area contributed by atoms with Crippen molar-refractivity contribution in [3.8, 4) is 11.5 Å². The molecule has 2 aromatic carbocycles. The molecule has 3 heterocycles. The second-order valence-corrected chi connectivity index (χ2v) is 11.8. The number of carbonyl (C=O) groups excluding carboxylic acids is 1. The molecule has 0 fully saturated rings. The van der Waals surface area contributed by atoms with Crippen molar-refractivity contribution in [2.24, 2.45) is 0 Å². The number of hydrogen-bond acceptors (Lipinski definition) is 6. The highest BCUT2D eigenvalue weighted by molar-refractivity contribution is 9.10. The minimum atomic E-state index is -4.03. The Morgan fingerprint density at radius 2 is 1.63 bits per heavy atom. The Morgan fingerprint density at radius 1 is 1.03 bits per heavy atom. The Morgan fingerprint density at radius 3 is 2.21 bits per heavy atom. The van der Waals surface area contributed by atoms with E-state index in [2.05, 4.69) is 20.9 Å². The molecule has 0 aliphatic carbocycles. The van der Waals surface area contributed by atoms with Crippen LogP contribution in [0.5, 0.6) is 11.5 Å². The van der Waals surface area contributed by atoms with Gasteiger partial charge in [-0.15, -0.1) is 0 Å². The predicted molar refractivity (Wildman–Crippen MR) is 140 cm³/mol. The number of methoxy groups -OCH3 is 2. The van der Waals surface area contributed by atoms with Gasteiger partial charge in [0.1, 0.15) is 10.3 Å². The topological polar surface area (TPSA) is 90.7 Å². The fourth-order valence-corrected chi connectivity index (χ4v) is 7.23. The average Bonchev–Trinajstić information content (AvgIpc) is 3.23. The van der Waals surface area contributed by atoms with Gasteiger partial charge in [-0.25, -0.2) is 26.2 Å². The van der Waals surface area contributed by atoms with Crippen LogP contribution < -0.4 is 14.4 Å². The zero-order chi connectivity index (χ0) is 27.6. The summed E-state index contributed by atoms with van der Waals surface area (Å²) in [5.41, 5.74) is -0.775. The fourth-order valence-electron chi connectivity index (χ4n) is 4.90. The molecule has 0 N–H and O–H groups in total. The van der Waals surface area contributed by atoms with Gasteiger partial charge in [-0.1, -0.05) is 18.2 Å². The molecular formula is C26H22BrF2N3O5S. The predicted octanol–water partition coefficient (Wildman–Crippen LogP) is 5.16. The molecule has 198 valence electrons. The number of pyridine rings is 1.